The summed E-state index contributed by atoms with van der Waals surface area (Å²) in [7, 11) is 1.75. The van der Waals surface area contributed by atoms with Gasteiger partial charge in [0.1, 0.15) is 0 Å². The van der Waals surface area contributed by atoms with Crippen molar-refractivity contribution in [1.82, 2.24) is 5.32 Å². The van der Waals surface area contributed by atoms with Gasteiger partial charge < -0.3 is 20.9 Å². The highest BCUT2D eigenvalue weighted by Crippen LogP contribution is 2.39. The minimum atomic E-state index is -0.909. The predicted molar refractivity (Wildman–Crippen MR) is 167 cm³/mol. The maximum atomic E-state index is 14.0. The van der Waals surface area contributed by atoms with Crippen LogP contribution in [0.2, 0.25) is 0 Å². The lowest BCUT2D eigenvalue weighted by Crippen LogP contribution is -2.41. The van der Waals surface area contributed by atoms with Crippen LogP contribution in [0, 0.1) is 22.7 Å². The first-order valence-corrected chi connectivity index (χ1v) is 15.4. The smallest absolute Gasteiger partial charge is 0.230 e. The Morgan fingerprint density at radius 1 is 1.00 bits per heavy atom. The Bertz CT molecular complexity index is 1270. The van der Waals surface area contributed by atoms with Crippen molar-refractivity contribution in [2.24, 2.45) is 11.8 Å². The first-order chi connectivity index (χ1) is 20.0. The molecule has 0 heterocycles. The number of amides is 1. The largest absolute Gasteiger partial charge is 0.388 e. The van der Waals surface area contributed by atoms with E-state index in [9.17, 15) is 9.18 Å². The van der Waals surface area contributed by atoms with Gasteiger partial charge in [-0.2, -0.15) is 4.39 Å². The average molecular weight is 558 g/mol. The van der Waals surface area contributed by atoms with Crippen LogP contribution >= 0.6 is 0 Å². The number of anilines is 2. The van der Waals surface area contributed by atoms with Crippen LogP contribution in [0.15, 0.2) is 48.7 Å². The summed E-state index contributed by atoms with van der Waals surface area (Å²) in [6.45, 7) is 0.703. The first-order valence-electron chi connectivity index (χ1n) is 15.4. The van der Waals surface area contributed by atoms with Gasteiger partial charge in [-0.1, -0.05) is 37.5 Å². The number of benzene rings is 2. The molecule has 3 aliphatic rings. The summed E-state index contributed by atoms with van der Waals surface area (Å²) in [6.07, 6.45) is 15.1. The molecule has 2 aromatic rings. The third-order valence-electron chi connectivity index (χ3n) is 9.23. The van der Waals surface area contributed by atoms with Gasteiger partial charge in [-0.15, -0.1) is 0 Å². The van der Waals surface area contributed by atoms with E-state index < -0.39 is 5.97 Å². The Morgan fingerprint density at radius 3 is 2.41 bits per heavy atom. The van der Waals surface area contributed by atoms with Gasteiger partial charge in [0, 0.05) is 54.9 Å². The van der Waals surface area contributed by atoms with Crippen LogP contribution in [-0.4, -0.2) is 37.7 Å². The fraction of sp³-hybridized carbons (Fsp3) is 0.500. The van der Waals surface area contributed by atoms with E-state index in [0.717, 1.165) is 73.8 Å². The number of hydrogen-bond donors (Lipinski definition) is 4. The molecule has 0 atom stereocenters. The SMILES string of the molecule is CNc1ccc(C2CCC(CN(C(=O)C3CCCCC3)c3cccc(/C(C=N)=C/NC4CC4)c3)CC2)cc1C(=N)F. The lowest BCUT2D eigenvalue weighted by atomic mass is 9.78. The fourth-order valence-electron chi connectivity index (χ4n) is 6.56. The van der Waals surface area contributed by atoms with E-state index in [0.29, 0.717) is 35.7 Å². The number of nitrogens with one attached hydrogen (secondary N) is 4. The maximum Gasteiger partial charge on any atom is 0.230 e. The van der Waals surface area contributed by atoms with Crippen molar-refractivity contribution in [1.29, 1.82) is 10.8 Å². The quantitative estimate of drug-likeness (QED) is 0.214. The molecule has 1 amide bonds. The van der Waals surface area contributed by atoms with Crippen molar-refractivity contribution >= 4 is 35.0 Å². The van der Waals surface area contributed by atoms with Gasteiger partial charge in [-0.25, -0.2) is 0 Å². The topological polar surface area (TPSA) is 92.1 Å². The number of hydrogen-bond acceptors (Lipinski definition) is 5. The normalized spacial score (nSPS) is 21.7. The zero-order chi connectivity index (χ0) is 28.8. The number of carbonyl (C=O) groups is 1. The number of allylic oxidation sites excluding steroid dienone is 1. The molecule has 2 aromatic carbocycles. The molecule has 3 fully saturated rings. The van der Waals surface area contributed by atoms with Gasteiger partial charge in [0.05, 0.1) is 5.56 Å². The Kier molecular flexibility index (Phi) is 9.53. The monoisotopic (exact) mass is 557 g/mol. The summed E-state index contributed by atoms with van der Waals surface area (Å²) in [5, 5.41) is 21.9. The Hall–Kier alpha value is -3.48. The minimum Gasteiger partial charge on any atom is -0.388 e. The molecule has 7 heteroatoms. The van der Waals surface area contributed by atoms with Crippen molar-refractivity contribution in [2.45, 2.75) is 82.6 Å². The van der Waals surface area contributed by atoms with Crippen LogP contribution in [-0.2, 0) is 4.79 Å². The van der Waals surface area contributed by atoms with Gasteiger partial charge in [-0.3, -0.25) is 10.2 Å². The molecular formula is C34H44FN5O. The third kappa shape index (κ3) is 7.24. The zero-order valence-electron chi connectivity index (χ0n) is 24.2. The van der Waals surface area contributed by atoms with Crippen molar-refractivity contribution in [3.63, 3.8) is 0 Å². The molecule has 3 aliphatic carbocycles. The van der Waals surface area contributed by atoms with Crippen molar-refractivity contribution < 1.29 is 9.18 Å². The lowest BCUT2D eigenvalue weighted by Gasteiger charge is -2.35. The molecule has 218 valence electrons. The van der Waals surface area contributed by atoms with E-state index in [1.54, 1.807) is 7.05 Å². The lowest BCUT2D eigenvalue weighted by molar-refractivity contribution is -0.123. The van der Waals surface area contributed by atoms with E-state index in [4.69, 9.17) is 10.8 Å². The standard InChI is InChI=1S/C34H44FN5O/c1-38-32-17-14-27(19-31(32)33(35)37)24-12-10-23(11-13-24)22-40(34(41)25-6-3-2-4-7-25)30-9-5-8-26(18-30)28(20-36)21-39-29-15-16-29/h5,8-9,14,17-21,23-25,29,36-39H,2-4,6-7,10-13,15-16,22H2,1H3/b28-21+,36-20?,37-33?. The molecule has 0 aromatic heterocycles. The number of rotatable bonds is 11. The first kappa shape index (κ1) is 29.0. The zero-order valence-corrected chi connectivity index (χ0v) is 24.2. The molecule has 0 unspecified atom stereocenters. The predicted octanol–water partition coefficient (Wildman–Crippen LogP) is 7.65. The van der Waals surface area contributed by atoms with Crippen molar-refractivity contribution in [3.05, 3.63) is 65.4 Å². The maximum absolute atomic E-state index is 14.0. The highest BCUT2D eigenvalue weighted by atomic mass is 19.1. The van der Waals surface area contributed by atoms with E-state index >= 15 is 0 Å². The van der Waals surface area contributed by atoms with Crippen LogP contribution < -0.4 is 15.5 Å². The van der Waals surface area contributed by atoms with Gasteiger partial charge >= 0.3 is 0 Å². The summed E-state index contributed by atoms with van der Waals surface area (Å²) < 4.78 is 13.9. The van der Waals surface area contributed by atoms with E-state index in [1.165, 1.54) is 25.5 Å². The average Bonchev–Trinajstić information content (AvgIpc) is 3.85. The molecular weight excluding hydrogens is 513 g/mol. The fourth-order valence-corrected chi connectivity index (χ4v) is 6.56. The summed E-state index contributed by atoms with van der Waals surface area (Å²) in [4.78, 5) is 16.0. The minimum absolute atomic E-state index is 0.0816. The highest BCUT2D eigenvalue weighted by Gasteiger charge is 2.31. The second-order valence-corrected chi connectivity index (χ2v) is 12.1. The van der Waals surface area contributed by atoms with E-state index in [-0.39, 0.29) is 11.8 Å². The summed E-state index contributed by atoms with van der Waals surface area (Å²) in [6, 6.07) is 14.4. The second-order valence-electron chi connectivity index (χ2n) is 12.1. The molecule has 0 aliphatic heterocycles. The van der Waals surface area contributed by atoms with Crippen LogP contribution in [0.3, 0.4) is 0 Å². The molecule has 6 nitrogen and oxygen atoms in total. The van der Waals surface area contributed by atoms with Gasteiger partial charge in [0.2, 0.25) is 11.9 Å². The van der Waals surface area contributed by atoms with Crippen molar-refractivity contribution in [2.75, 3.05) is 23.8 Å². The third-order valence-corrected chi connectivity index (χ3v) is 9.23. The highest BCUT2D eigenvalue weighted by molar-refractivity contribution is 6.08. The van der Waals surface area contributed by atoms with Crippen LogP contribution in [0.25, 0.3) is 5.57 Å². The molecule has 0 radical (unpaired) electrons. The summed E-state index contributed by atoms with van der Waals surface area (Å²) in [5.74, 6) is 0.147. The molecule has 41 heavy (non-hydrogen) atoms. The Morgan fingerprint density at radius 2 is 1.76 bits per heavy atom. The molecule has 5 rings (SSSR count). The molecule has 0 bridgehead atoms. The molecule has 0 spiro atoms. The number of nitrogens with zero attached hydrogens (tertiary/aromatic N) is 1. The molecule has 0 saturated heterocycles. The van der Waals surface area contributed by atoms with Gasteiger partial charge in [0.25, 0.3) is 0 Å². The van der Waals surface area contributed by atoms with Gasteiger partial charge in [0.15, 0.2) is 0 Å². The molecule has 4 N–H and O–H groups in total. The molecule has 3 saturated carbocycles. The van der Waals surface area contributed by atoms with Crippen LogP contribution in [0.1, 0.15) is 93.2 Å². The van der Waals surface area contributed by atoms with E-state index in [2.05, 4.69) is 22.8 Å². The number of halogens is 1. The number of carbonyl (C=O) groups excluding carboxylic acids is 1. The Labute approximate surface area is 243 Å². The van der Waals surface area contributed by atoms with E-state index in [1.807, 2.05) is 41.4 Å². The second kappa shape index (κ2) is 13.5. The van der Waals surface area contributed by atoms with Gasteiger partial charge in [-0.05, 0) is 98.6 Å². The van der Waals surface area contributed by atoms with Crippen LogP contribution in [0.5, 0.6) is 0 Å². The summed E-state index contributed by atoms with van der Waals surface area (Å²) >= 11 is 0. The van der Waals surface area contributed by atoms with Crippen molar-refractivity contribution in [3.8, 4) is 0 Å². The Balaban J connectivity index is 1.32. The van der Waals surface area contributed by atoms with Crippen LogP contribution in [0.4, 0.5) is 15.8 Å². The summed E-state index contributed by atoms with van der Waals surface area (Å²) in [5.41, 5.74) is 4.76.